The van der Waals surface area contributed by atoms with Crippen molar-refractivity contribution in [3.05, 3.63) is 71.3 Å². The van der Waals surface area contributed by atoms with Gasteiger partial charge in [-0.25, -0.2) is 4.98 Å². The molecule has 0 unspecified atom stereocenters. The maximum Gasteiger partial charge on any atom is 0.276 e. The smallest absolute Gasteiger partial charge is 0.276 e. The van der Waals surface area contributed by atoms with Crippen molar-refractivity contribution in [2.24, 2.45) is 0 Å². The molecule has 0 aliphatic rings. The van der Waals surface area contributed by atoms with Gasteiger partial charge in [0.15, 0.2) is 5.69 Å². The van der Waals surface area contributed by atoms with Gasteiger partial charge in [-0.2, -0.15) is 5.10 Å². The maximum atomic E-state index is 12.4. The van der Waals surface area contributed by atoms with E-state index in [1.54, 1.807) is 23.7 Å². The van der Waals surface area contributed by atoms with Crippen molar-refractivity contribution in [3.63, 3.8) is 0 Å². The number of hydrogen-bond donors (Lipinski definition) is 2. The molecule has 1 aromatic carbocycles. The van der Waals surface area contributed by atoms with Crippen LogP contribution in [0.1, 0.15) is 21.9 Å². The van der Waals surface area contributed by atoms with Crippen LogP contribution < -0.4 is 5.32 Å². The van der Waals surface area contributed by atoms with E-state index in [2.05, 4.69) is 20.5 Å². The summed E-state index contributed by atoms with van der Waals surface area (Å²) in [5, 5.41) is 11.9. The van der Waals surface area contributed by atoms with E-state index in [0.29, 0.717) is 11.4 Å². The van der Waals surface area contributed by atoms with Gasteiger partial charge in [0.25, 0.3) is 5.91 Å². The fraction of sp³-hybridized carbons (Fsp3) is 0.105. The Morgan fingerprint density at radius 2 is 2.00 bits per heavy atom. The van der Waals surface area contributed by atoms with E-state index in [-0.39, 0.29) is 5.91 Å². The molecule has 4 rings (SSSR count). The number of carbonyl (C=O) groups excluding carboxylic acids is 1. The first-order chi connectivity index (χ1) is 12.6. The highest BCUT2D eigenvalue weighted by atomic mass is 32.1. The van der Waals surface area contributed by atoms with Crippen molar-refractivity contribution in [3.8, 4) is 16.3 Å². The van der Waals surface area contributed by atoms with E-state index >= 15 is 0 Å². The molecule has 0 saturated heterocycles. The van der Waals surface area contributed by atoms with Gasteiger partial charge in [-0.3, -0.25) is 9.89 Å². The van der Waals surface area contributed by atoms with Crippen LogP contribution in [0.2, 0.25) is 0 Å². The summed E-state index contributed by atoms with van der Waals surface area (Å²) in [6.07, 6.45) is 1.80. The number of nitrogens with one attached hydrogen (secondary N) is 2. The SMILES string of the molecule is Cc1ncn(-c2ccc(NC(=O)c3cc(-c4cccs4)[nH]n3)cc2)c1C. The Balaban J connectivity index is 1.49. The number of thiophene rings is 1. The minimum Gasteiger partial charge on any atom is -0.321 e. The molecule has 3 heterocycles. The number of aromatic amines is 1. The maximum absolute atomic E-state index is 12.4. The summed E-state index contributed by atoms with van der Waals surface area (Å²) in [7, 11) is 0. The second-order valence-corrected chi connectivity index (χ2v) is 6.88. The fourth-order valence-corrected chi connectivity index (χ4v) is 3.35. The molecule has 130 valence electrons. The summed E-state index contributed by atoms with van der Waals surface area (Å²) in [4.78, 5) is 17.8. The van der Waals surface area contributed by atoms with Crippen LogP contribution >= 0.6 is 11.3 Å². The lowest BCUT2D eigenvalue weighted by Gasteiger charge is -2.08. The lowest BCUT2D eigenvalue weighted by Crippen LogP contribution is -2.12. The number of aromatic nitrogens is 4. The van der Waals surface area contributed by atoms with Crippen molar-refractivity contribution < 1.29 is 4.79 Å². The lowest BCUT2D eigenvalue weighted by molar-refractivity contribution is 0.102. The molecule has 0 spiro atoms. The molecule has 7 heteroatoms. The summed E-state index contributed by atoms with van der Waals surface area (Å²) in [5.74, 6) is -0.244. The van der Waals surface area contributed by atoms with Crippen molar-refractivity contribution in [2.45, 2.75) is 13.8 Å². The van der Waals surface area contributed by atoms with Crippen molar-refractivity contribution in [1.82, 2.24) is 19.7 Å². The van der Waals surface area contributed by atoms with Gasteiger partial charge in [-0.1, -0.05) is 6.07 Å². The van der Waals surface area contributed by atoms with Gasteiger partial charge in [0.1, 0.15) is 0 Å². The molecule has 4 aromatic rings. The minimum atomic E-state index is -0.244. The zero-order valence-corrected chi connectivity index (χ0v) is 15.2. The Hall–Kier alpha value is -3.19. The summed E-state index contributed by atoms with van der Waals surface area (Å²) >= 11 is 1.60. The molecule has 3 aromatic heterocycles. The number of imidazole rings is 1. The topological polar surface area (TPSA) is 75.6 Å². The number of hydrogen-bond acceptors (Lipinski definition) is 4. The highest BCUT2D eigenvalue weighted by Gasteiger charge is 2.12. The number of nitrogens with zero attached hydrogens (tertiary/aromatic N) is 3. The first-order valence-electron chi connectivity index (χ1n) is 8.13. The third-order valence-corrected chi connectivity index (χ3v) is 5.16. The van der Waals surface area contributed by atoms with Crippen LogP contribution in [0.4, 0.5) is 5.69 Å². The summed E-state index contributed by atoms with van der Waals surface area (Å²) in [5.41, 5.74) is 5.02. The van der Waals surface area contributed by atoms with Gasteiger partial charge in [-0.05, 0) is 55.6 Å². The van der Waals surface area contributed by atoms with Crippen molar-refractivity contribution in [2.75, 3.05) is 5.32 Å². The molecule has 26 heavy (non-hydrogen) atoms. The Labute approximate surface area is 154 Å². The van der Waals surface area contributed by atoms with Crippen LogP contribution in [0, 0.1) is 13.8 Å². The van der Waals surface area contributed by atoms with E-state index < -0.39 is 0 Å². The van der Waals surface area contributed by atoms with Crippen LogP contribution in [0.25, 0.3) is 16.3 Å². The number of aryl methyl sites for hydroxylation is 1. The minimum absolute atomic E-state index is 0.244. The molecule has 0 bridgehead atoms. The van der Waals surface area contributed by atoms with Crippen LogP contribution in [0.15, 0.2) is 54.2 Å². The number of amides is 1. The number of benzene rings is 1. The van der Waals surface area contributed by atoms with E-state index in [0.717, 1.165) is 27.6 Å². The molecule has 0 fully saturated rings. The zero-order valence-electron chi connectivity index (χ0n) is 14.4. The quantitative estimate of drug-likeness (QED) is 0.571. The highest BCUT2D eigenvalue weighted by Crippen LogP contribution is 2.23. The molecular formula is C19H17N5OS. The van der Waals surface area contributed by atoms with E-state index in [1.807, 2.05) is 60.2 Å². The van der Waals surface area contributed by atoms with Crippen LogP contribution in [-0.4, -0.2) is 25.7 Å². The number of H-pyrrole nitrogens is 1. The lowest BCUT2D eigenvalue weighted by atomic mass is 10.2. The zero-order chi connectivity index (χ0) is 18.1. The van der Waals surface area contributed by atoms with Crippen molar-refractivity contribution >= 4 is 22.9 Å². The molecule has 0 aliphatic heterocycles. The Bertz CT molecular complexity index is 1040. The summed E-state index contributed by atoms with van der Waals surface area (Å²) in [6, 6.07) is 13.3. The number of anilines is 1. The monoisotopic (exact) mass is 363 g/mol. The predicted octanol–water partition coefficient (Wildman–Crippen LogP) is 4.19. The van der Waals surface area contributed by atoms with Gasteiger partial charge in [0, 0.05) is 17.1 Å². The van der Waals surface area contributed by atoms with Gasteiger partial charge >= 0.3 is 0 Å². The van der Waals surface area contributed by atoms with Crippen LogP contribution in [-0.2, 0) is 0 Å². The molecule has 1 amide bonds. The number of rotatable bonds is 4. The van der Waals surface area contributed by atoms with Gasteiger partial charge in [0.05, 0.1) is 22.6 Å². The molecular weight excluding hydrogens is 346 g/mol. The first-order valence-corrected chi connectivity index (χ1v) is 9.01. The molecule has 6 nitrogen and oxygen atoms in total. The first kappa shape index (κ1) is 16.3. The van der Waals surface area contributed by atoms with Gasteiger partial charge in [-0.15, -0.1) is 11.3 Å². The third-order valence-electron chi connectivity index (χ3n) is 4.25. The second-order valence-electron chi connectivity index (χ2n) is 5.93. The van der Waals surface area contributed by atoms with E-state index in [4.69, 9.17) is 0 Å². The predicted molar refractivity (Wildman–Crippen MR) is 103 cm³/mol. The molecule has 0 radical (unpaired) electrons. The Morgan fingerprint density at radius 1 is 1.19 bits per heavy atom. The van der Waals surface area contributed by atoms with E-state index in [9.17, 15) is 4.79 Å². The average Bonchev–Trinajstić information content (AvgIpc) is 3.38. The number of carbonyl (C=O) groups is 1. The Morgan fingerprint density at radius 3 is 2.65 bits per heavy atom. The van der Waals surface area contributed by atoms with Crippen LogP contribution in [0.3, 0.4) is 0 Å². The standard InChI is InChI=1S/C19H17N5OS/c1-12-13(2)24(11-20-12)15-7-5-14(6-8-15)21-19(25)17-10-16(22-23-17)18-4-3-9-26-18/h3-11H,1-2H3,(H,21,25)(H,22,23). The summed E-state index contributed by atoms with van der Waals surface area (Å²) < 4.78 is 2.02. The van der Waals surface area contributed by atoms with E-state index in [1.165, 1.54) is 0 Å². The third kappa shape index (κ3) is 3.04. The summed E-state index contributed by atoms with van der Waals surface area (Å²) in [6.45, 7) is 4.01. The van der Waals surface area contributed by atoms with Crippen molar-refractivity contribution in [1.29, 1.82) is 0 Å². The normalized spacial score (nSPS) is 10.8. The van der Waals surface area contributed by atoms with Gasteiger partial charge < -0.3 is 9.88 Å². The average molecular weight is 363 g/mol. The Kier molecular flexibility index (Phi) is 4.14. The largest absolute Gasteiger partial charge is 0.321 e. The molecule has 2 N–H and O–H groups in total. The molecule has 0 aliphatic carbocycles. The van der Waals surface area contributed by atoms with Gasteiger partial charge in [0.2, 0.25) is 0 Å². The highest BCUT2D eigenvalue weighted by molar-refractivity contribution is 7.13. The second kappa shape index (κ2) is 6.61. The molecule has 0 atom stereocenters. The fourth-order valence-electron chi connectivity index (χ4n) is 2.66. The molecule has 0 saturated carbocycles. The van der Waals surface area contributed by atoms with Crippen LogP contribution in [0.5, 0.6) is 0 Å².